The van der Waals surface area contributed by atoms with Crippen molar-refractivity contribution < 1.29 is 28.7 Å². The van der Waals surface area contributed by atoms with E-state index in [1.807, 2.05) is 64.0 Å². The molecule has 0 aliphatic carbocycles. The number of likely N-dealkylation sites (tertiary alicyclic amines) is 1. The molecule has 0 saturated carbocycles. The molecule has 12 nitrogen and oxygen atoms in total. The molecular weight excluding hydrogens is 636 g/mol. The van der Waals surface area contributed by atoms with Crippen LogP contribution in [0.4, 0.5) is 5.69 Å². The topological polar surface area (TPSA) is 138 Å². The van der Waals surface area contributed by atoms with Gasteiger partial charge in [0.05, 0.1) is 42.7 Å². The first-order valence-electron chi connectivity index (χ1n) is 18.2. The first-order chi connectivity index (χ1) is 23.5. The van der Waals surface area contributed by atoms with E-state index >= 15 is 0 Å². The van der Waals surface area contributed by atoms with Gasteiger partial charge >= 0.3 is 0 Å². The lowest BCUT2D eigenvalue weighted by Gasteiger charge is -2.41. The van der Waals surface area contributed by atoms with Gasteiger partial charge in [0.2, 0.25) is 23.6 Å². The van der Waals surface area contributed by atoms with Gasteiger partial charge in [-0.1, -0.05) is 53.2 Å². The molecule has 1 fully saturated rings. The SMILES string of the molecule is CC[C@H](C)[C@@H]([C@@H](CC(=O)N1CCCC1[C@H](OC)[C@@H](C)C(=O)N(C)CCc1cccc(N)c1)OC)N(C)C(=O)[C@@H](NC(=O)[C@H](C)N(C)C)C(C)C. The van der Waals surface area contributed by atoms with E-state index in [4.69, 9.17) is 15.2 Å². The smallest absolute Gasteiger partial charge is 0.245 e. The number of hydrogen-bond acceptors (Lipinski definition) is 8. The predicted octanol–water partition coefficient (Wildman–Crippen LogP) is 3.28. The Labute approximate surface area is 301 Å². The first kappa shape index (κ1) is 42.9. The van der Waals surface area contributed by atoms with Crippen LogP contribution in [0.15, 0.2) is 24.3 Å². The van der Waals surface area contributed by atoms with Gasteiger partial charge in [0, 0.05) is 47.1 Å². The third kappa shape index (κ3) is 11.1. The maximum atomic E-state index is 14.1. The number of nitrogen functional groups attached to an aromatic ring is 1. The van der Waals surface area contributed by atoms with Gasteiger partial charge in [-0.25, -0.2) is 0 Å². The zero-order valence-corrected chi connectivity index (χ0v) is 32.8. The lowest BCUT2D eigenvalue weighted by Crippen LogP contribution is -2.59. The van der Waals surface area contributed by atoms with Gasteiger partial charge < -0.3 is 35.2 Å². The number of benzene rings is 1. The Morgan fingerprint density at radius 1 is 1.00 bits per heavy atom. The van der Waals surface area contributed by atoms with E-state index in [0.29, 0.717) is 25.2 Å². The van der Waals surface area contributed by atoms with Crippen LogP contribution in [0.25, 0.3) is 0 Å². The summed E-state index contributed by atoms with van der Waals surface area (Å²) >= 11 is 0. The zero-order valence-electron chi connectivity index (χ0n) is 32.8. The Hall–Kier alpha value is -3.22. The fourth-order valence-corrected chi connectivity index (χ4v) is 7.04. The minimum atomic E-state index is -0.733. The van der Waals surface area contributed by atoms with Crippen molar-refractivity contribution in [2.75, 3.05) is 61.2 Å². The van der Waals surface area contributed by atoms with Gasteiger partial charge in [-0.2, -0.15) is 0 Å². The molecule has 0 aromatic heterocycles. The molecule has 0 spiro atoms. The van der Waals surface area contributed by atoms with Crippen LogP contribution in [-0.4, -0.2) is 135 Å². The summed E-state index contributed by atoms with van der Waals surface area (Å²) in [5, 5.41) is 2.97. The van der Waals surface area contributed by atoms with Gasteiger partial charge in [0.1, 0.15) is 6.04 Å². The highest BCUT2D eigenvalue weighted by molar-refractivity contribution is 5.90. The van der Waals surface area contributed by atoms with Crippen molar-refractivity contribution in [2.24, 2.45) is 17.8 Å². The predicted molar refractivity (Wildman–Crippen MR) is 198 cm³/mol. The third-order valence-electron chi connectivity index (χ3n) is 10.7. The first-order valence-corrected chi connectivity index (χ1v) is 18.2. The monoisotopic (exact) mass is 703 g/mol. The maximum Gasteiger partial charge on any atom is 0.245 e. The molecule has 4 amide bonds. The van der Waals surface area contributed by atoms with Crippen LogP contribution in [0.2, 0.25) is 0 Å². The highest BCUT2D eigenvalue weighted by Crippen LogP contribution is 2.30. The van der Waals surface area contributed by atoms with Gasteiger partial charge in [-0.05, 0) is 69.8 Å². The number of nitrogens with one attached hydrogen (secondary N) is 1. The standard InChI is InChI=1S/C38H66N6O6/c1-13-25(4)34(43(10)38(48)33(24(2)3)40-36(46)27(6)41(7)8)31(49-11)23-32(45)44-20-15-18-30(44)35(50-12)26(5)37(47)42(9)21-19-28-16-14-17-29(39)22-28/h14,16-17,22,24-27,30-31,33-35H,13,15,18-21,23,39H2,1-12H3,(H,40,46)/t25-,26+,27-,30?,31+,33-,34-,35+/m0/s1. The Morgan fingerprint density at radius 2 is 1.66 bits per heavy atom. The number of carbonyl (C=O) groups excluding carboxylic acids is 4. The number of anilines is 1. The van der Waals surface area contributed by atoms with Gasteiger partial charge in [0.15, 0.2) is 0 Å². The summed E-state index contributed by atoms with van der Waals surface area (Å²) in [6.07, 6.45) is 1.95. The lowest BCUT2D eigenvalue weighted by atomic mass is 9.89. The van der Waals surface area contributed by atoms with Gasteiger partial charge in [-0.3, -0.25) is 24.1 Å². The van der Waals surface area contributed by atoms with E-state index in [9.17, 15) is 19.2 Å². The molecule has 1 aromatic rings. The average Bonchev–Trinajstić information content (AvgIpc) is 3.57. The molecule has 1 saturated heterocycles. The lowest BCUT2D eigenvalue weighted by molar-refractivity contribution is -0.149. The highest BCUT2D eigenvalue weighted by Gasteiger charge is 2.43. The summed E-state index contributed by atoms with van der Waals surface area (Å²) < 4.78 is 12.0. The number of nitrogens with two attached hydrogens (primary N) is 1. The number of likely N-dealkylation sites (N-methyl/N-ethyl adjacent to an activating group) is 3. The molecule has 0 bridgehead atoms. The minimum absolute atomic E-state index is 0.00696. The number of nitrogens with zero attached hydrogens (tertiary/aromatic N) is 4. The third-order valence-corrected chi connectivity index (χ3v) is 10.7. The van der Waals surface area contributed by atoms with Crippen molar-refractivity contribution in [3.8, 4) is 0 Å². The molecule has 1 aliphatic heterocycles. The summed E-state index contributed by atoms with van der Waals surface area (Å²) in [5.41, 5.74) is 7.68. The van der Waals surface area contributed by atoms with Crippen molar-refractivity contribution >= 4 is 29.3 Å². The summed E-state index contributed by atoms with van der Waals surface area (Å²) in [4.78, 5) is 61.8. The van der Waals surface area contributed by atoms with Crippen LogP contribution in [0.1, 0.15) is 72.8 Å². The van der Waals surface area contributed by atoms with Crippen LogP contribution in [0.3, 0.4) is 0 Å². The van der Waals surface area contributed by atoms with Crippen LogP contribution in [0.5, 0.6) is 0 Å². The van der Waals surface area contributed by atoms with Crippen molar-refractivity contribution in [3.63, 3.8) is 0 Å². The molecule has 50 heavy (non-hydrogen) atoms. The van der Waals surface area contributed by atoms with Crippen LogP contribution >= 0.6 is 0 Å². The van der Waals surface area contributed by atoms with Crippen molar-refractivity contribution in [1.82, 2.24) is 24.9 Å². The molecule has 0 radical (unpaired) electrons. The summed E-state index contributed by atoms with van der Waals surface area (Å²) in [6, 6.07) is 5.84. The second-order valence-corrected chi connectivity index (χ2v) is 14.7. The molecule has 2 rings (SSSR count). The average molecular weight is 703 g/mol. The zero-order chi connectivity index (χ0) is 37.9. The molecule has 8 atom stereocenters. The van der Waals surface area contributed by atoms with E-state index in [-0.39, 0.29) is 47.9 Å². The fraction of sp³-hybridized carbons (Fsp3) is 0.737. The summed E-state index contributed by atoms with van der Waals surface area (Å²) in [5.74, 6) is -1.20. The van der Waals surface area contributed by atoms with Crippen LogP contribution in [0, 0.1) is 17.8 Å². The number of ether oxygens (including phenoxy) is 2. The number of carbonyl (C=O) groups is 4. The molecule has 284 valence electrons. The number of rotatable bonds is 19. The number of hydrogen-bond donors (Lipinski definition) is 2. The molecule has 1 unspecified atom stereocenters. The fourth-order valence-electron chi connectivity index (χ4n) is 7.04. The minimum Gasteiger partial charge on any atom is -0.399 e. The van der Waals surface area contributed by atoms with Crippen molar-refractivity contribution in [2.45, 2.75) is 110 Å². The van der Waals surface area contributed by atoms with Crippen LogP contribution in [-0.2, 0) is 35.1 Å². The Bertz CT molecular complexity index is 1260. The second-order valence-electron chi connectivity index (χ2n) is 14.7. The van der Waals surface area contributed by atoms with Crippen LogP contribution < -0.4 is 11.1 Å². The molecule has 1 aliphatic rings. The van der Waals surface area contributed by atoms with Crippen molar-refractivity contribution in [3.05, 3.63) is 29.8 Å². The Morgan fingerprint density at radius 3 is 2.20 bits per heavy atom. The second kappa shape index (κ2) is 20.0. The maximum absolute atomic E-state index is 14.1. The summed E-state index contributed by atoms with van der Waals surface area (Å²) in [7, 11) is 10.4. The normalized spacial score (nSPS) is 19.0. The largest absolute Gasteiger partial charge is 0.399 e. The Balaban J connectivity index is 2.22. The molecular formula is C38H66N6O6. The highest BCUT2D eigenvalue weighted by atomic mass is 16.5. The number of amides is 4. The molecule has 3 N–H and O–H groups in total. The molecule has 1 aromatic carbocycles. The molecule has 1 heterocycles. The number of methoxy groups -OCH3 is 2. The quantitative estimate of drug-likeness (QED) is 0.210. The molecule has 12 heteroatoms. The van der Waals surface area contributed by atoms with Gasteiger partial charge in [0.25, 0.3) is 0 Å². The van der Waals surface area contributed by atoms with E-state index in [0.717, 1.165) is 24.8 Å². The van der Waals surface area contributed by atoms with E-state index in [1.54, 1.807) is 49.9 Å². The van der Waals surface area contributed by atoms with E-state index < -0.39 is 36.3 Å². The van der Waals surface area contributed by atoms with E-state index in [1.165, 1.54) is 0 Å². The van der Waals surface area contributed by atoms with E-state index in [2.05, 4.69) is 19.2 Å². The Kier molecular flexibility index (Phi) is 17.2. The summed E-state index contributed by atoms with van der Waals surface area (Å²) in [6.45, 7) is 12.7. The van der Waals surface area contributed by atoms with Gasteiger partial charge in [-0.15, -0.1) is 0 Å². The van der Waals surface area contributed by atoms with Crippen molar-refractivity contribution in [1.29, 1.82) is 0 Å².